The summed E-state index contributed by atoms with van der Waals surface area (Å²) in [6, 6.07) is 47.5. The van der Waals surface area contributed by atoms with Crippen molar-refractivity contribution in [3.05, 3.63) is 166 Å². The largest absolute Gasteiger partial charge is 0.363 e. The number of rotatable bonds is 0. The molecule has 0 fully saturated rings. The molecular formula is C83H131N5. The summed E-state index contributed by atoms with van der Waals surface area (Å²) in [5, 5.41) is 0. The van der Waals surface area contributed by atoms with Gasteiger partial charge in [0.2, 0.25) is 0 Å². The highest BCUT2D eigenvalue weighted by Crippen LogP contribution is 2.50. The second-order valence-corrected chi connectivity index (χ2v) is 37.3. The lowest BCUT2D eigenvalue weighted by Crippen LogP contribution is -2.55. The zero-order valence-electron chi connectivity index (χ0n) is 62.3. The van der Waals surface area contributed by atoms with Crippen LogP contribution in [-0.4, -0.2) is 67.1 Å². The zero-order chi connectivity index (χ0) is 66.3. The molecule has 0 bridgehead atoms. The highest BCUT2D eigenvalue weighted by Gasteiger charge is 2.46. The first-order valence-electron chi connectivity index (χ1n) is 34.3. The fraction of sp³-hybridized carbons (Fsp3) is 0.639. The molecule has 5 aromatic carbocycles. The van der Waals surface area contributed by atoms with Crippen LogP contribution in [-0.2, 0) is 38.8 Å². The van der Waals surface area contributed by atoms with E-state index in [0.29, 0.717) is 46.5 Å². The van der Waals surface area contributed by atoms with Crippen LogP contribution in [0.25, 0.3) is 0 Å². The molecule has 5 aliphatic heterocycles. The minimum atomic E-state index is 0.175. The summed E-state index contributed by atoms with van der Waals surface area (Å²) in [5.74, 6) is 0. The summed E-state index contributed by atoms with van der Waals surface area (Å²) in [5.41, 5.74) is 17.6. The van der Waals surface area contributed by atoms with Crippen molar-refractivity contribution >= 4 is 11.4 Å². The maximum absolute atomic E-state index is 2.68. The van der Waals surface area contributed by atoms with E-state index in [4.69, 9.17) is 0 Å². The summed E-state index contributed by atoms with van der Waals surface area (Å²) < 4.78 is 0. The Hall–Kier alpha value is -4.42. The number of aryl methyl sites for hydroxylation is 1. The topological polar surface area (TPSA) is 16.2 Å². The predicted octanol–water partition coefficient (Wildman–Crippen LogP) is 22.0. The summed E-state index contributed by atoms with van der Waals surface area (Å²) in [6.07, 6.45) is 6.01. The molecular weight excluding hydrogens is 1070 g/mol. The standard InChI is InChI=1S/3C17H27N.2C16H25N/c1-16(2,3)15-11-13-9-7-8-10-14(13)12-18(15)17(4,5)6;1-16(2,3)15-14-10-8-7-9-13(14)11-12-18(15)17(4,5)6;1-16(2,3)15-12-11-13-9-7-8-10-14(13)18(15)17(4,5)6;1-15(2,3)14-13-10-8-7-9-12(13)11-17(14)16(4,5)6;1-15(2,3)14-11-12-9-7-8-10-13(12)17(14)16(4,5)6/h3*7-10,15H,11-12H2,1-6H3;2*7-10,14H,11H2,1-6H3. The number of hydrogen-bond acceptors (Lipinski definition) is 5. The third-order valence-electron chi connectivity index (χ3n) is 19.4. The van der Waals surface area contributed by atoms with Gasteiger partial charge in [-0.3, -0.25) is 14.7 Å². The predicted molar refractivity (Wildman–Crippen MR) is 387 cm³/mol. The molecule has 0 N–H and O–H groups in total. The van der Waals surface area contributed by atoms with Crippen molar-refractivity contribution in [3.63, 3.8) is 0 Å². The maximum Gasteiger partial charge on any atom is 0.0408 e. The summed E-state index contributed by atoms with van der Waals surface area (Å²) in [6.45, 7) is 73.6. The molecule has 0 spiro atoms. The van der Waals surface area contributed by atoms with Gasteiger partial charge in [-0.15, -0.1) is 0 Å². The van der Waals surface area contributed by atoms with Crippen LogP contribution < -0.4 is 9.80 Å². The molecule has 0 saturated carbocycles. The van der Waals surface area contributed by atoms with E-state index in [9.17, 15) is 0 Å². The van der Waals surface area contributed by atoms with Crippen molar-refractivity contribution in [2.75, 3.05) is 16.3 Å². The Kier molecular flexibility index (Phi) is 22.0. The van der Waals surface area contributed by atoms with Crippen molar-refractivity contribution in [1.82, 2.24) is 14.7 Å². The highest BCUT2D eigenvalue weighted by molar-refractivity contribution is 5.62. The monoisotopic (exact) mass is 1200 g/mol. The quantitative estimate of drug-likeness (QED) is 0.153. The van der Waals surface area contributed by atoms with Crippen LogP contribution in [0.15, 0.2) is 121 Å². The van der Waals surface area contributed by atoms with Gasteiger partial charge in [-0.25, -0.2) is 0 Å². The first kappa shape index (κ1) is 72.6. The summed E-state index contributed by atoms with van der Waals surface area (Å²) >= 11 is 0. The molecule has 5 heteroatoms. The van der Waals surface area contributed by atoms with Crippen molar-refractivity contribution in [2.45, 2.75) is 311 Å². The van der Waals surface area contributed by atoms with Gasteiger partial charge < -0.3 is 9.80 Å². The fourth-order valence-corrected chi connectivity index (χ4v) is 15.3. The molecule has 10 rings (SSSR count). The Morgan fingerprint density at radius 2 is 0.614 bits per heavy atom. The van der Waals surface area contributed by atoms with E-state index in [1.165, 1.54) is 94.5 Å². The molecule has 0 saturated heterocycles. The Balaban J connectivity index is 0.000000176. The fourth-order valence-electron chi connectivity index (χ4n) is 15.3. The summed E-state index contributed by atoms with van der Waals surface area (Å²) in [7, 11) is 0. The van der Waals surface area contributed by atoms with Gasteiger partial charge in [0.1, 0.15) is 0 Å². The average molecular weight is 1200 g/mol. The minimum Gasteiger partial charge on any atom is -0.363 e. The van der Waals surface area contributed by atoms with Crippen molar-refractivity contribution in [3.8, 4) is 0 Å². The van der Waals surface area contributed by atoms with Crippen molar-refractivity contribution in [1.29, 1.82) is 0 Å². The Labute approximate surface area is 543 Å². The average Bonchev–Trinajstić information content (AvgIpc) is 1.99. The molecule has 0 aromatic heterocycles. The molecule has 0 aliphatic carbocycles. The van der Waals surface area contributed by atoms with Crippen molar-refractivity contribution in [2.24, 2.45) is 27.1 Å². The number of nitrogens with zero attached hydrogens (tertiary/aromatic N) is 5. The molecule has 5 aromatic rings. The third-order valence-corrected chi connectivity index (χ3v) is 19.4. The van der Waals surface area contributed by atoms with Gasteiger partial charge in [-0.1, -0.05) is 213 Å². The number of anilines is 2. The van der Waals surface area contributed by atoms with E-state index in [0.717, 1.165) is 13.1 Å². The number of para-hydroxylation sites is 2. The molecule has 5 nitrogen and oxygen atoms in total. The van der Waals surface area contributed by atoms with E-state index >= 15 is 0 Å². The summed E-state index contributed by atoms with van der Waals surface area (Å²) in [4.78, 5) is 13.2. The Morgan fingerprint density at radius 3 is 1.06 bits per heavy atom. The SMILES string of the molecule is CC(C)(C)C1CCc2ccccc2N1C(C)(C)C.CC(C)(C)C1Cc2ccccc2CN1C(C)(C)C.CC(C)(C)C1Cc2ccccc2N1C(C)(C)C.CC(C)(C)C1c2ccccc2CCN1C(C)(C)C.CC(C)(C)C1c2ccccc2CN1C(C)(C)C. The van der Waals surface area contributed by atoms with Gasteiger partial charge in [0.25, 0.3) is 0 Å². The van der Waals surface area contributed by atoms with Gasteiger partial charge in [0.05, 0.1) is 0 Å². The Bertz CT molecular complexity index is 2800. The lowest BCUT2D eigenvalue weighted by molar-refractivity contribution is 0.00615. The second-order valence-electron chi connectivity index (χ2n) is 37.3. The van der Waals surface area contributed by atoms with Gasteiger partial charge in [-0.2, -0.15) is 0 Å². The number of benzene rings is 5. The van der Waals surface area contributed by atoms with Crippen LogP contribution in [0, 0.1) is 27.1 Å². The van der Waals surface area contributed by atoms with Gasteiger partial charge in [0, 0.05) is 88.9 Å². The smallest absolute Gasteiger partial charge is 0.0408 e. The van der Waals surface area contributed by atoms with Gasteiger partial charge in [-0.05, 0) is 220 Å². The van der Waals surface area contributed by atoms with Gasteiger partial charge >= 0.3 is 0 Å². The lowest BCUT2D eigenvalue weighted by Gasteiger charge is -2.52. The molecule has 488 valence electrons. The van der Waals surface area contributed by atoms with Crippen LogP contribution in [0.1, 0.15) is 271 Å². The molecule has 0 radical (unpaired) electrons. The van der Waals surface area contributed by atoms with E-state index < -0.39 is 0 Å². The van der Waals surface area contributed by atoms with E-state index in [1.54, 1.807) is 0 Å². The molecule has 0 amide bonds. The number of hydrogen-bond donors (Lipinski definition) is 0. The van der Waals surface area contributed by atoms with Crippen molar-refractivity contribution < 1.29 is 0 Å². The van der Waals surface area contributed by atoms with Gasteiger partial charge in [0.15, 0.2) is 0 Å². The second kappa shape index (κ2) is 26.7. The number of fused-ring (bicyclic) bond motifs is 5. The molecule has 5 heterocycles. The molecule has 88 heavy (non-hydrogen) atoms. The van der Waals surface area contributed by atoms with Crippen LogP contribution in [0.5, 0.6) is 0 Å². The zero-order valence-corrected chi connectivity index (χ0v) is 62.3. The van der Waals surface area contributed by atoms with E-state index in [-0.39, 0.29) is 38.5 Å². The third kappa shape index (κ3) is 17.8. The van der Waals surface area contributed by atoms with Crippen LogP contribution in [0.2, 0.25) is 0 Å². The van der Waals surface area contributed by atoms with Crippen LogP contribution in [0.3, 0.4) is 0 Å². The minimum absolute atomic E-state index is 0.175. The highest BCUT2D eigenvalue weighted by atomic mass is 15.3. The Morgan fingerprint density at radius 1 is 0.273 bits per heavy atom. The first-order chi connectivity index (χ1) is 40.0. The lowest BCUT2D eigenvalue weighted by atomic mass is 9.75. The molecule has 5 atom stereocenters. The molecule has 5 unspecified atom stereocenters. The van der Waals surface area contributed by atoms with Crippen LogP contribution >= 0.6 is 0 Å². The normalized spacial score (nSPS) is 21.3. The van der Waals surface area contributed by atoms with Crippen LogP contribution in [0.4, 0.5) is 11.4 Å². The molecule has 5 aliphatic rings. The van der Waals surface area contributed by atoms with E-state index in [1.807, 2.05) is 0 Å². The maximum atomic E-state index is 2.68. The van der Waals surface area contributed by atoms with E-state index in [2.05, 4.69) is 354 Å². The first-order valence-corrected chi connectivity index (χ1v) is 34.3.